The van der Waals surface area contributed by atoms with Gasteiger partial charge in [-0.3, -0.25) is 15.0 Å². The average Bonchev–Trinajstić information content (AvgIpc) is 3.09. The molecule has 0 aliphatic carbocycles. The zero-order chi connectivity index (χ0) is 24.2. The summed E-state index contributed by atoms with van der Waals surface area (Å²) in [5.41, 5.74) is 9.06. The molecule has 0 unspecified atom stereocenters. The number of anilines is 1. The van der Waals surface area contributed by atoms with Gasteiger partial charge in [-0.25, -0.2) is 10.2 Å². The smallest absolute Gasteiger partial charge is 0.337 e. The summed E-state index contributed by atoms with van der Waals surface area (Å²) in [6.07, 6.45) is 1.69. The Labute approximate surface area is 193 Å². The molecular formula is C25H28N4O4. The number of hydrogen-bond acceptors (Lipinski definition) is 6. The number of rotatable bonds is 6. The van der Waals surface area contributed by atoms with E-state index in [9.17, 15) is 14.4 Å². The first-order chi connectivity index (χ1) is 15.6. The van der Waals surface area contributed by atoms with Gasteiger partial charge in [-0.1, -0.05) is 39.0 Å². The Bertz CT molecular complexity index is 1110. The number of nitrogens with one attached hydrogen (secondary N) is 2. The van der Waals surface area contributed by atoms with Crippen LogP contribution in [0, 0.1) is 0 Å². The molecule has 0 saturated carbocycles. The highest BCUT2D eigenvalue weighted by molar-refractivity contribution is 6.29. The lowest BCUT2D eigenvalue weighted by Gasteiger charge is -2.20. The molecular weight excluding hydrogens is 420 g/mol. The summed E-state index contributed by atoms with van der Waals surface area (Å²) in [7, 11) is 1.30. The molecule has 0 aromatic heterocycles. The number of ether oxygens (including phenoxy) is 1. The van der Waals surface area contributed by atoms with Crippen molar-refractivity contribution in [3.05, 3.63) is 76.9 Å². The zero-order valence-corrected chi connectivity index (χ0v) is 19.4. The van der Waals surface area contributed by atoms with Crippen molar-refractivity contribution in [1.29, 1.82) is 0 Å². The van der Waals surface area contributed by atoms with Crippen LogP contribution in [0.25, 0.3) is 0 Å². The molecule has 2 amide bonds. The van der Waals surface area contributed by atoms with Crippen molar-refractivity contribution in [1.82, 2.24) is 10.9 Å². The largest absolute Gasteiger partial charge is 0.465 e. The second-order valence-electron chi connectivity index (χ2n) is 8.62. The number of esters is 1. The van der Waals surface area contributed by atoms with E-state index in [0.29, 0.717) is 28.1 Å². The van der Waals surface area contributed by atoms with E-state index in [0.717, 1.165) is 0 Å². The molecule has 0 fully saturated rings. The lowest BCUT2D eigenvalue weighted by atomic mass is 9.87. The van der Waals surface area contributed by atoms with Crippen LogP contribution >= 0.6 is 0 Å². The lowest BCUT2D eigenvalue weighted by molar-refractivity contribution is -0.114. The molecule has 0 atom stereocenters. The Morgan fingerprint density at radius 3 is 2.21 bits per heavy atom. The minimum absolute atomic E-state index is 0.0251. The SMILES string of the molecule is COC(=O)c1ccc(C(=O)NNCC=C2C(=O)N(c3ccc(C(C)(C)C)cc3)N=C2C)cc1. The van der Waals surface area contributed by atoms with E-state index in [-0.39, 0.29) is 23.8 Å². The number of hydrazone groups is 1. The standard InChI is InChI=1S/C25H28N4O4/c1-16-21(23(31)29(28-16)20-12-10-19(11-13-20)25(2,3)4)14-15-26-27-22(30)17-6-8-18(9-7-17)24(32)33-5/h6-14,26H,15H2,1-5H3,(H,27,30). The number of amides is 2. The van der Waals surface area contributed by atoms with E-state index in [1.165, 1.54) is 41.9 Å². The van der Waals surface area contributed by atoms with Crippen LogP contribution in [0.2, 0.25) is 0 Å². The average molecular weight is 449 g/mol. The summed E-state index contributed by atoms with van der Waals surface area (Å²) in [5.74, 6) is -1.06. The summed E-state index contributed by atoms with van der Waals surface area (Å²) >= 11 is 0. The fourth-order valence-electron chi connectivity index (χ4n) is 3.26. The quantitative estimate of drug-likeness (QED) is 0.306. The number of carbonyl (C=O) groups excluding carboxylic acids is 3. The molecule has 33 heavy (non-hydrogen) atoms. The van der Waals surface area contributed by atoms with E-state index in [4.69, 9.17) is 0 Å². The Balaban J connectivity index is 1.57. The molecule has 0 radical (unpaired) electrons. The van der Waals surface area contributed by atoms with Crippen LogP contribution in [-0.2, 0) is 14.9 Å². The number of nitrogens with zero attached hydrogens (tertiary/aromatic N) is 2. The molecule has 1 aliphatic rings. The van der Waals surface area contributed by atoms with Crippen molar-refractivity contribution in [3.63, 3.8) is 0 Å². The van der Waals surface area contributed by atoms with Gasteiger partial charge in [-0.2, -0.15) is 10.1 Å². The number of methoxy groups -OCH3 is 1. The van der Waals surface area contributed by atoms with Crippen molar-refractivity contribution < 1.29 is 19.1 Å². The number of benzene rings is 2. The molecule has 1 heterocycles. The van der Waals surface area contributed by atoms with Gasteiger partial charge in [0.25, 0.3) is 11.8 Å². The predicted octanol–water partition coefficient (Wildman–Crippen LogP) is 3.35. The monoisotopic (exact) mass is 448 g/mol. The maximum absolute atomic E-state index is 12.8. The van der Waals surface area contributed by atoms with Crippen LogP contribution in [0.1, 0.15) is 54.0 Å². The Morgan fingerprint density at radius 2 is 1.64 bits per heavy atom. The van der Waals surface area contributed by atoms with Gasteiger partial charge in [0.2, 0.25) is 0 Å². The predicted molar refractivity (Wildman–Crippen MR) is 127 cm³/mol. The van der Waals surface area contributed by atoms with E-state index in [2.05, 4.69) is 41.5 Å². The maximum atomic E-state index is 12.8. The second-order valence-corrected chi connectivity index (χ2v) is 8.62. The summed E-state index contributed by atoms with van der Waals surface area (Å²) in [6.45, 7) is 8.41. The first-order valence-electron chi connectivity index (χ1n) is 10.5. The van der Waals surface area contributed by atoms with Gasteiger partial charge >= 0.3 is 5.97 Å². The molecule has 0 bridgehead atoms. The van der Waals surface area contributed by atoms with E-state index in [1.54, 1.807) is 13.0 Å². The van der Waals surface area contributed by atoms with E-state index < -0.39 is 5.97 Å². The Kier molecular flexibility index (Phi) is 7.08. The Morgan fingerprint density at radius 1 is 1.03 bits per heavy atom. The molecule has 8 heteroatoms. The third kappa shape index (κ3) is 5.53. The van der Waals surface area contributed by atoms with Crippen LogP contribution in [0.5, 0.6) is 0 Å². The van der Waals surface area contributed by atoms with Gasteiger partial charge in [-0.05, 0) is 54.3 Å². The molecule has 3 rings (SSSR count). The molecule has 0 spiro atoms. The zero-order valence-electron chi connectivity index (χ0n) is 19.4. The van der Waals surface area contributed by atoms with Crippen LogP contribution < -0.4 is 15.9 Å². The molecule has 2 aromatic carbocycles. The highest BCUT2D eigenvalue weighted by atomic mass is 16.5. The molecule has 1 aliphatic heterocycles. The number of carbonyl (C=O) groups is 3. The molecule has 172 valence electrons. The van der Waals surface area contributed by atoms with Crippen LogP contribution in [0.3, 0.4) is 0 Å². The molecule has 8 nitrogen and oxygen atoms in total. The third-order valence-electron chi connectivity index (χ3n) is 5.22. The van der Waals surface area contributed by atoms with Crippen molar-refractivity contribution in [3.8, 4) is 0 Å². The number of hydrogen-bond donors (Lipinski definition) is 2. The summed E-state index contributed by atoms with van der Waals surface area (Å²) in [6, 6.07) is 13.9. The fraction of sp³-hybridized carbons (Fsp3) is 0.280. The molecule has 0 saturated heterocycles. The fourth-order valence-corrected chi connectivity index (χ4v) is 3.26. The number of hydrazine groups is 1. The lowest BCUT2D eigenvalue weighted by Crippen LogP contribution is -2.37. The van der Waals surface area contributed by atoms with Crippen molar-refractivity contribution in [2.75, 3.05) is 18.7 Å². The summed E-state index contributed by atoms with van der Waals surface area (Å²) < 4.78 is 4.64. The van der Waals surface area contributed by atoms with Gasteiger partial charge in [0, 0.05) is 12.1 Å². The topological polar surface area (TPSA) is 100 Å². The normalized spacial score (nSPS) is 14.9. The molecule has 2 N–H and O–H groups in total. The first-order valence-corrected chi connectivity index (χ1v) is 10.5. The summed E-state index contributed by atoms with van der Waals surface area (Å²) in [4.78, 5) is 36.6. The second kappa shape index (κ2) is 9.79. The van der Waals surface area contributed by atoms with Gasteiger partial charge in [0.15, 0.2) is 0 Å². The van der Waals surface area contributed by atoms with Crippen LogP contribution in [-0.4, -0.2) is 37.1 Å². The van der Waals surface area contributed by atoms with Crippen molar-refractivity contribution in [2.24, 2.45) is 5.10 Å². The van der Waals surface area contributed by atoms with Gasteiger partial charge in [-0.15, -0.1) is 0 Å². The third-order valence-corrected chi connectivity index (χ3v) is 5.22. The van der Waals surface area contributed by atoms with E-state index >= 15 is 0 Å². The highest BCUT2D eigenvalue weighted by Crippen LogP contribution is 2.27. The Hall–Kier alpha value is -3.78. The molecule has 2 aromatic rings. The van der Waals surface area contributed by atoms with Crippen molar-refractivity contribution >= 4 is 29.2 Å². The van der Waals surface area contributed by atoms with Gasteiger partial charge in [0.1, 0.15) is 0 Å². The highest BCUT2D eigenvalue weighted by Gasteiger charge is 2.28. The maximum Gasteiger partial charge on any atom is 0.337 e. The minimum atomic E-state index is -0.468. The van der Waals surface area contributed by atoms with Crippen molar-refractivity contribution in [2.45, 2.75) is 33.1 Å². The van der Waals surface area contributed by atoms with Gasteiger partial charge < -0.3 is 4.74 Å². The minimum Gasteiger partial charge on any atom is -0.465 e. The van der Waals surface area contributed by atoms with Gasteiger partial charge in [0.05, 0.1) is 29.6 Å². The first kappa shape index (κ1) is 23.9. The van der Waals surface area contributed by atoms with E-state index in [1.807, 2.05) is 24.3 Å². The summed E-state index contributed by atoms with van der Waals surface area (Å²) in [5, 5.41) is 5.77. The van der Waals surface area contributed by atoms with Crippen LogP contribution in [0.4, 0.5) is 5.69 Å². The van der Waals surface area contributed by atoms with Crippen LogP contribution in [0.15, 0.2) is 65.3 Å².